The van der Waals surface area contributed by atoms with E-state index in [1.165, 1.54) is 16.7 Å². The van der Waals surface area contributed by atoms with Crippen molar-refractivity contribution in [2.24, 2.45) is 5.16 Å². The van der Waals surface area contributed by atoms with Gasteiger partial charge in [-0.1, -0.05) is 28.1 Å². The van der Waals surface area contributed by atoms with Crippen molar-refractivity contribution in [3.05, 3.63) is 38.6 Å². The van der Waals surface area contributed by atoms with Gasteiger partial charge in [-0.15, -0.1) is 11.8 Å². The zero-order valence-electron chi connectivity index (χ0n) is 16.1. The summed E-state index contributed by atoms with van der Waals surface area (Å²) in [4.78, 5) is 42.9. The molecule has 6 N–H and O–H groups in total. The number of nitrogen functional groups attached to an aromatic ring is 1. The van der Waals surface area contributed by atoms with E-state index in [1.54, 1.807) is 12.4 Å². The fourth-order valence-electron chi connectivity index (χ4n) is 3.57. The summed E-state index contributed by atoms with van der Waals surface area (Å²) >= 11 is 8.20. The van der Waals surface area contributed by atoms with Crippen LogP contribution < -0.4 is 11.1 Å². The number of aliphatic carboxylic acids is 1. The number of anilines is 1. The molecule has 0 aliphatic carbocycles. The van der Waals surface area contributed by atoms with E-state index in [-0.39, 0.29) is 20.9 Å². The molecule has 2 amide bonds. The number of β-lactam (4-membered cyclic amide) rings is 1. The van der Waals surface area contributed by atoms with E-state index in [9.17, 15) is 24.7 Å². The van der Waals surface area contributed by atoms with Crippen molar-refractivity contribution >= 4 is 63.3 Å². The van der Waals surface area contributed by atoms with E-state index >= 15 is 0 Å². The normalized spacial score (nSPS) is 20.7. The summed E-state index contributed by atoms with van der Waals surface area (Å²) in [7, 11) is 0. The number of carboxylic acid groups (broad SMARTS) is 1. The zero-order chi connectivity index (χ0) is 23.0. The molecule has 0 unspecified atom stereocenters. The topological polar surface area (TPSA) is 187 Å². The highest BCUT2D eigenvalue weighted by Crippen LogP contribution is 2.41. The summed E-state index contributed by atoms with van der Waals surface area (Å²) < 4.78 is 0.0556. The van der Waals surface area contributed by atoms with Gasteiger partial charge in [0.1, 0.15) is 21.8 Å². The second-order valence-electron chi connectivity index (χ2n) is 6.86. The fraction of sp³-hybridized carbons (Fsp3) is 0.294. The quantitative estimate of drug-likeness (QED) is 0.161. The van der Waals surface area contributed by atoms with Gasteiger partial charge in [0.05, 0.1) is 12.2 Å². The number of carbonyl (C=O) groups excluding carboxylic acids is 2. The number of oxime groups is 1. The molecule has 12 nitrogen and oxygen atoms in total. The standard InChI is InChI=1S/C17H16ClN7O5S2/c18-13-10(23-17(19)32-13)11(24-30)14(26)22-9-7-1-2-8(31-5-6-3-20-21-4-6)12(16(28)29)25(7)15(9)27/h3-4,7,9,30H,1-2,5H2,(H2,19,23)(H,20,21)(H,22,26)(H,28,29)/t7-,9+/m1/s1. The predicted octanol–water partition coefficient (Wildman–Crippen LogP) is 0.999. The number of hydrogen-bond donors (Lipinski definition) is 5. The van der Waals surface area contributed by atoms with Crippen LogP contribution in [0.2, 0.25) is 4.34 Å². The summed E-state index contributed by atoms with van der Waals surface area (Å²) in [5.74, 6) is -2.16. The number of nitrogens with two attached hydrogens (primary N) is 1. The van der Waals surface area contributed by atoms with Gasteiger partial charge in [0, 0.05) is 22.4 Å². The number of allylic oxidation sites excluding steroid dienone is 1. The fourth-order valence-corrected chi connectivity index (χ4v) is 5.58. The van der Waals surface area contributed by atoms with Crippen molar-refractivity contribution in [1.82, 2.24) is 25.4 Å². The Morgan fingerprint density at radius 3 is 2.88 bits per heavy atom. The Morgan fingerprint density at radius 2 is 2.28 bits per heavy atom. The largest absolute Gasteiger partial charge is 0.477 e. The SMILES string of the molecule is Nc1nc(C(=NO)C(=O)N[C@@H]2C(=O)N3C(C(=O)O)=C(SCc4cn[nH]c4)CC[C@H]23)c(Cl)s1. The molecular formula is C17H16ClN7O5S2. The van der Waals surface area contributed by atoms with E-state index in [4.69, 9.17) is 17.3 Å². The number of nitrogens with zero attached hydrogens (tertiary/aromatic N) is 4. The molecule has 2 atom stereocenters. The molecular weight excluding hydrogens is 482 g/mol. The number of thioether (sulfide) groups is 1. The second-order valence-corrected chi connectivity index (χ2v) is 9.56. The third kappa shape index (κ3) is 3.91. The minimum absolute atomic E-state index is 0.0556. The molecule has 2 aromatic rings. The summed E-state index contributed by atoms with van der Waals surface area (Å²) in [6, 6.07) is -1.50. The maximum absolute atomic E-state index is 12.8. The first kappa shape index (κ1) is 22.1. The van der Waals surface area contributed by atoms with Crippen LogP contribution in [0.25, 0.3) is 0 Å². The van der Waals surface area contributed by atoms with Crippen LogP contribution in [0.5, 0.6) is 0 Å². The molecule has 0 radical (unpaired) electrons. The first-order chi connectivity index (χ1) is 15.3. The Bertz CT molecular complexity index is 1150. The van der Waals surface area contributed by atoms with Crippen LogP contribution >= 0.6 is 34.7 Å². The van der Waals surface area contributed by atoms with Crippen LogP contribution in [0.1, 0.15) is 24.1 Å². The van der Waals surface area contributed by atoms with Crippen LogP contribution in [0, 0.1) is 0 Å². The van der Waals surface area contributed by atoms with Gasteiger partial charge in [0.15, 0.2) is 10.8 Å². The molecule has 0 bridgehead atoms. The lowest BCUT2D eigenvalue weighted by molar-refractivity contribution is -0.155. The van der Waals surface area contributed by atoms with Crippen molar-refractivity contribution in [2.75, 3.05) is 5.73 Å². The molecule has 1 saturated heterocycles. The predicted molar refractivity (Wildman–Crippen MR) is 116 cm³/mol. The minimum atomic E-state index is -1.22. The van der Waals surface area contributed by atoms with E-state index in [0.717, 1.165) is 16.9 Å². The average Bonchev–Trinajstić information content (AvgIpc) is 3.39. The molecule has 1 fully saturated rings. The van der Waals surface area contributed by atoms with Gasteiger partial charge in [0.25, 0.3) is 11.8 Å². The number of rotatable bonds is 7. The van der Waals surface area contributed by atoms with E-state index in [1.807, 2.05) is 0 Å². The van der Waals surface area contributed by atoms with E-state index in [2.05, 4.69) is 25.7 Å². The molecule has 0 spiro atoms. The van der Waals surface area contributed by atoms with Crippen LogP contribution in [0.3, 0.4) is 0 Å². The van der Waals surface area contributed by atoms with Crippen LogP contribution in [0.4, 0.5) is 5.13 Å². The highest BCUT2D eigenvalue weighted by molar-refractivity contribution is 8.02. The number of carbonyl (C=O) groups is 3. The minimum Gasteiger partial charge on any atom is -0.477 e. The van der Waals surface area contributed by atoms with Gasteiger partial charge in [-0.3, -0.25) is 19.6 Å². The average molecular weight is 498 g/mol. The van der Waals surface area contributed by atoms with Crippen LogP contribution in [-0.2, 0) is 20.1 Å². The summed E-state index contributed by atoms with van der Waals surface area (Å²) in [5, 5.41) is 31.1. The number of aromatic amines is 1. The van der Waals surface area contributed by atoms with Crippen molar-refractivity contribution < 1.29 is 24.7 Å². The Balaban J connectivity index is 1.49. The van der Waals surface area contributed by atoms with Crippen molar-refractivity contribution in [2.45, 2.75) is 30.7 Å². The van der Waals surface area contributed by atoms with Crippen molar-refractivity contribution in [1.29, 1.82) is 0 Å². The van der Waals surface area contributed by atoms with Gasteiger partial charge < -0.3 is 21.4 Å². The number of halogens is 1. The summed E-state index contributed by atoms with van der Waals surface area (Å²) in [6.07, 6.45) is 4.24. The smallest absolute Gasteiger partial charge is 0.353 e. The molecule has 32 heavy (non-hydrogen) atoms. The molecule has 4 rings (SSSR count). The molecule has 4 heterocycles. The molecule has 168 valence electrons. The Hall–Kier alpha value is -3.10. The maximum atomic E-state index is 12.8. The number of H-pyrrole nitrogens is 1. The Morgan fingerprint density at radius 1 is 1.50 bits per heavy atom. The Kier molecular flexibility index (Phi) is 6.08. The first-order valence-corrected chi connectivity index (χ1v) is 11.3. The lowest BCUT2D eigenvalue weighted by Crippen LogP contribution is -2.72. The van der Waals surface area contributed by atoms with Crippen molar-refractivity contribution in [3.8, 4) is 0 Å². The van der Waals surface area contributed by atoms with E-state index in [0.29, 0.717) is 23.5 Å². The molecule has 2 aliphatic rings. The van der Waals surface area contributed by atoms with Gasteiger partial charge in [0.2, 0.25) is 0 Å². The highest BCUT2D eigenvalue weighted by Gasteiger charge is 2.53. The summed E-state index contributed by atoms with van der Waals surface area (Å²) in [5.41, 5.74) is 5.77. The molecule has 0 aromatic carbocycles. The lowest BCUT2D eigenvalue weighted by Gasteiger charge is -2.50. The monoisotopic (exact) mass is 497 g/mol. The highest BCUT2D eigenvalue weighted by atomic mass is 35.5. The van der Waals surface area contributed by atoms with Crippen molar-refractivity contribution in [3.63, 3.8) is 0 Å². The third-order valence-corrected chi connectivity index (χ3v) is 7.30. The zero-order valence-corrected chi connectivity index (χ0v) is 18.5. The number of carboxylic acids is 1. The number of amides is 2. The van der Waals surface area contributed by atoms with Crippen LogP contribution in [-0.4, -0.2) is 66.0 Å². The van der Waals surface area contributed by atoms with Gasteiger partial charge in [-0.05, 0) is 12.8 Å². The third-order valence-electron chi connectivity index (χ3n) is 4.99. The second kappa shape index (κ2) is 8.80. The number of thiazole rings is 1. The summed E-state index contributed by atoms with van der Waals surface area (Å²) in [6.45, 7) is 0. The molecule has 15 heteroatoms. The van der Waals surface area contributed by atoms with Gasteiger partial charge in [-0.2, -0.15) is 5.10 Å². The van der Waals surface area contributed by atoms with Gasteiger partial charge in [-0.25, -0.2) is 9.78 Å². The maximum Gasteiger partial charge on any atom is 0.353 e. The molecule has 2 aliphatic heterocycles. The Labute approximate surface area is 193 Å². The number of hydrogen-bond acceptors (Lipinski definition) is 10. The first-order valence-electron chi connectivity index (χ1n) is 9.16. The lowest BCUT2D eigenvalue weighted by atomic mass is 9.86. The number of aromatic nitrogens is 3. The number of nitrogens with one attached hydrogen (secondary N) is 2. The number of fused-ring (bicyclic) bond motifs is 1. The van der Waals surface area contributed by atoms with E-state index < -0.39 is 35.6 Å². The van der Waals surface area contributed by atoms with Crippen LogP contribution in [0.15, 0.2) is 28.2 Å². The molecule has 0 saturated carbocycles. The molecule has 2 aromatic heterocycles. The van der Waals surface area contributed by atoms with Gasteiger partial charge >= 0.3 is 5.97 Å².